The van der Waals surface area contributed by atoms with Gasteiger partial charge in [-0.1, -0.05) is 71.8 Å². The zero-order valence-electron chi connectivity index (χ0n) is 20.2. The number of hydrogen-bond donors (Lipinski definition) is 0. The van der Waals surface area contributed by atoms with Gasteiger partial charge in [0.25, 0.3) is 5.91 Å². The van der Waals surface area contributed by atoms with E-state index in [1.807, 2.05) is 36.4 Å². The van der Waals surface area contributed by atoms with Crippen LogP contribution in [0.15, 0.2) is 76.6 Å². The number of halogens is 2. The van der Waals surface area contributed by atoms with Crippen molar-refractivity contribution >= 4 is 60.7 Å². The Morgan fingerprint density at radius 1 is 1.05 bits per heavy atom. The van der Waals surface area contributed by atoms with Crippen LogP contribution in [-0.2, 0) is 27.8 Å². The molecule has 0 radical (unpaired) electrons. The van der Waals surface area contributed by atoms with Crippen molar-refractivity contribution in [2.45, 2.75) is 24.9 Å². The number of amides is 1. The molecule has 0 unspecified atom stereocenters. The third-order valence-electron chi connectivity index (χ3n) is 5.74. The summed E-state index contributed by atoms with van der Waals surface area (Å²) in [6, 6.07) is 18.8. The lowest BCUT2D eigenvalue weighted by molar-refractivity contribution is 0.0997. The van der Waals surface area contributed by atoms with Crippen molar-refractivity contribution in [2.24, 2.45) is 4.99 Å². The van der Waals surface area contributed by atoms with Gasteiger partial charge in [-0.05, 0) is 42.0 Å². The summed E-state index contributed by atoms with van der Waals surface area (Å²) in [5, 5.41) is 0.784. The molecule has 7 nitrogen and oxygen atoms in total. The quantitative estimate of drug-likeness (QED) is 0.259. The summed E-state index contributed by atoms with van der Waals surface area (Å²) in [6.07, 6.45) is 0. The smallest absolute Gasteiger partial charge is 0.279 e. The van der Waals surface area contributed by atoms with Crippen LogP contribution in [-0.4, -0.2) is 43.5 Å². The largest absolute Gasteiger partial charge is 0.383 e. The Balaban J connectivity index is 1.64. The molecule has 1 aromatic heterocycles. The SMILES string of the molecule is CCN(Cc1ccccc1)S(=O)(=O)c1ccc(C(=O)N=c2sc3ccc(Cl)c(Cl)c3n2CCOC)cc1. The first kappa shape index (κ1) is 27.5. The predicted molar refractivity (Wildman–Crippen MR) is 148 cm³/mol. The standard InChI is InChI=1S/C26H25Cl2N3O4S2/c1-3-30(17-18-7-5-4-6-8-18)37(33,34)20-11-9-19(10-12-20)25(32)29-26-31(15-16-35-2)24-22(36-26)14-13-21(27)23(24)28/h4-14H,3,15-17H2,1-2H3. The van der Waals surface area contributed by atoms with E-state index in [4.69, 9.17) is 27.9 Å². The van der Waals surface area contributed by atoms with Crippen molar-refractivity contribution in [3.8, 4) is 0 Å². The maximum Gasteiger partial charge on any atom is 0.279 e. The van der Waals surface area contributed by atoms with Crippen LogP contribution in [0.2, 0.25) is 10.0 Å². The number of sulfonamides is 1. The van der Waals surface area contributed by atoms with Gasteiger partial charge in [-0.3, -0.25) is 4.79 Å². The number of methoxy groups -OCH3 is 1. The van der Waals surface area contributed by atoms with Crippen LogP contribution < -0.4 is 4.80 Å². The number of hydrogen-bond acceptors (Lipinski definition) is 5. The third-order valence-corrected chi connectivity index (χ3v) is 9.52. The normalized spacial score (nSPS) is 12.5. The summed E-state index contributed by atoms with van der Waals surface area (Å²) < 4.78 is 35.7. The number of thiazole rings is 1. The lowest BCUT2D eigenvalue weighted by Gasteiger charge is -2.20. The molecule has 0 fully saturated rings. The van der Waals surface area contributed by atoms with Gasteiger partial charge in [0.15, 0.2) is 4.80 Å². The topological polar surface area (TPSA) is 81.0 Å². The summed E-state index contributed by atoms with van der Waals surface area (Å²) >= 11 is 14.0. The number of carbonyl (C=O) groups excluding carboxylic acids is 1. The van der Waals surface area contributed by atoms with Crippen LogP contribution >= 0.6 is 34.5 Å². The fourth-order valence-electron chi connectivity index (χ4n) is 3.80. The Morgan fingerprint density at radius 2 is 1.76 bits per heavy atom. The number of fused-ring (bicyclic) bond motifs is 1. The van der Waals surface area contributed by atoms with E-state index < -0.39 is 15.9 Å². The Kier molecular flexibility index (Phi) is 8.84. The van der Waals surface area contributed by atoms with Crippen molar-refractivity contribution in [3.05, 3.63) is 92.7 Å². The van der Waals surface area contributed by atoms with Crippen LogP contribution in [0.1, 0.15) is 22.8 Å². The van der Waals surface area contributed by atoms with E-state index in [1.54, 1.807) is 24.7 Å². The van der Waals surface area contributed by atoms with Gasteiger partial charge in [-0.2, -0.15) is 9.30 Å². The van der Waals surface area contributed by atoms with Gasteiger partial charge in [0.1, 0.15) is 0 Å². The summed E-state index contributed by atoms with van der Waals surface area (Å²) in [5.74, 6) is -0.500. The second-order valence-corrected chi connectivity index (χ2v) is 11.8. The van der Waals surface area contributed by atoms with Gasteiger partial charge in [0.05, 0.1) is 31.8 Å². The minimum atomic E-state index is -3.75. The van der Waals surface area contributed by atoms with E-state index in [0.29, 0.717) is 40.1 Å². The van der Waals surface area contributed by atoms with E-state index in [1.165, 1.54) is 39.9 Å². The number of ether oxygens (including phenoxy) is 1. The molecule has 37 heavy (non-hydrogen) atoms. The zero-order chi connectivity index (χ0) is 26.6. The highest BCUT2D eigenvalue weighted by atomic mass is 35.5. The lowest BCUT2D eigenvalue weighted by atomic mass is 10.2. The van der Waals surface area contributed by atoms with Gasteiger partial charge in [0, 0.05) is 32.3 Å². The summed E-state index contributed by atoms with van der Waals surface area (Å²) in [6.45, 7) is 3.18. The average Bonchev–Trinajstić information content (AvgIpc) is 3.26. The number of nitrogens with zero attached hydrogens (tertiary/aromatic N) is 3. The number of aromatic nitrogens is 1. The van der Waals surface area contributed by atoms with Gasteiger partial charge in [0.2, 0.25) is 10.0 Å². The minimum absolute atomic E-state index is 0.111. The van der Waals surface area contributed by atoms with Crippen LogP contribution in [0.5, 0.6) is 0 Å². The van der Waals surface area contributed by atoms with Crippen LogP contribution in [0.4, 0.5) is 0 Å². The Hall–Kier alpha value is -2.53. The van der Waals surface area contributed by atoms with E-state index in [9.17, 15) is 13.2 Å². The molecule has 0 atom stereocenters. The maximum atomic E-state index is 13.2. The highest BCUT2D eigenvalue weighted by Gasteiger charge is 2.23. The third kappa shape index (κ3) is 5.98. The van der Waals surface area contributed by atoms with Gasteiger partial charge < -0.3 is 9.30 Å². The van der Waals surface area contributed by atoms with Crippen LogP contribution in [0, 0.1) is 0 Å². The molecule has 4 aromatic rings. The minimum Gasteiger partial charge on any atom is -0.383 e. The van der Waals surface area contributed by atoms with Gasteiger partial charge in [-0.15, -0.1) is 0 Å². The summed E-state index contributed by atoms with van der Waals surface area (Å²) in [5.41, 5.74) is 1.84. The monoisotopic (exact) mass is 577 g/mol. The number of carbonyl (C=O) groups is 1. The molecule has 11 heteroatoms. The second kappa shape index (κ2) is 11.9. The number of benzene rings is 3. The molecule has 0 saturated heterocycles. The number of rotatable bonds is 9. The second-order valence-electron chi connectivity index (χ2n) is 8.10. The highest BCUT2D eigenvalue weighted by Crippen LogP contribution is 2.32. The first-order valence-corrected chi connectivity index (χ1v) is 14.5. The molecule has 0 aliphatic heterocycles. The molecule has 0 N–H and O–H groups in total. The molecule has 0 bridgehead atoms. The molecular formula is C26H25Cl2N3O4S2. The molecule has 0 spiro atoms. The fourth-order valence-corrected chi connectivity index (χ4v) is 6.78. The zero-order valence-corrected chi connectivity index (χ0v) is 23.4. The molecule has 0 aliphatic rings. The van der Waals surface area contributed by atoms with E-state index >= 15 is 0 Å². The Labute approximate surface area is 229 Å². The van der Waals surface area contributed by atoms with Gasteiger partial charge >= 0.3 is 0 Å². The fraction of sp³-hybridized carbons (Fsp3) is 0.231. The first-order valence-electron chi connectivity index (χ1n) is 11.5. The molecule has 1 heterocycles. The van der Waals surface area contributed by atoms with E-state index in [-0.39, 0.29) is 17.0 Å². The Morgan fingerprint density at radius 3 is 2.41 bits per heavy atom. The molecule has 0 saturated carbocycles. The van der Waals surface area contributed by atoms with Crippen molar-refractivity contribution in [1.82, 2.24) is 8.87 Å². The van der Waals surface area contributed by atoms with Crippen molar-refractivity contribution in [2.75, 3.05) is 20.3 Å². The van der Waals surface area contributed by atoms with Crippen molar-refractivity contribution in [3.63, 3.8) is 0 Å². The molecular weight excluding hydrogens is 553 g/mol. The maximum absolute atomic E-state index is 13.2. The first-order chi connectivity index (χ1) is 17.8. The van der Waals surface area contributed by atoms with E-state index in [0.717, 1.165) is 10.3 Å². The molecule has 0 aliphatic carbocycles. The summed E-state index contributed by atoms with van der Waals surface area (Å²) in [7, 11) is -2.16. The highest BCUT2D eigenvalue weighted by molar-refractivity contribution is 7.89. The van der Waals surface area contributed by atoms with E-state index in [2.05, 4.69) is 4.99 Å². The Bertz CT molecular complexity index is 1580. The van der Waals surface area contributed by atoms with Gasteiger partial charge in [-0.25, -0.2) is 8.42 Å². The molecule has 1 amide bonds. The van der Waals surface area contributed by atoms with Crippen LogP contribution in [0.25, 0.3) is 10.2 Å². The molecule has 4 rings (SSSR count). The molecule has 3 aromatic carbocycles. The molecule has 194 valence electrons. The summed E-state index contributed by atoms with van der Waals surface area (Å²) in [4.78, 5) is 17.9. The van der Waals surface area contributed by atoms with Crippen molar-refractivity contribution in [1.29, 1.82) is 0 Å². The van der Waals surface area contributed by atoms with Crippen molar-refractivity contribution < 1.29 is 17.9 Å². The lowest BCUT2D eigenvalue weighted by Crippen LogP contribution is -2.30. The average molecular weight is 579 g/mol. The predicted octanol–water partition coefficient (Wildman–Crippen LogP) is 5.61. The van der Waals surface area contributed by atoms with Crippen LogP contribution in [0.3, 0.4) is 0 Å².